The van der Waals surface area contributed by atoms with Crippen LogP contribution in [0.2, 0.25) is 5.02 Å². The van der Waals surface area contributed by atoms with Crippen molar-refractivity contribution in [3.05, 3.63) is 71.5 Å². The molecule has 1 aliphatic heterocycles. The van der Waals surface area contributed by atoms with Gasteiger partial charge in [0.25, 0.3) is 0 Å². The summed E-state index contributed by atoms with van der Waals surface area (Å²) in [6.45, 7) is 5.32. The van der Waals surface area contributed by atoms with Crippen molar-refractivity contribution in [3.8, 4) is 11.4 Å². The minimum Gasteiger partial charge on any atom is -0.492 e. The molecular formula is C23H26ClN5O3. The molecule has 4 rings (SSSR count). The molecule has 3 aromatic rings. The third-order valence-electron chi connectivity index (χ3n) is 5.09. The molecule has 0 spiro atoms. The number of carbonyl (C=O) groups is 1. The number of aromatic nitrogens is 2. The molecule has 32 heavy (non-hydrogen) atoms. The first-order chi connectivity index (χ1) is 15.7. The van der Waals surface area contributed by atoms with Crippen molar-refractivity contribution in [1.82, 2.24) is 20.0 Å². The topological polar surface area (TPSA) is 80.6 Å². The number of carbonyl (C=O) groups excluding carboxylic acids is 1. The Balaban J connectivity index is 1.24. The molecule has 2 amide bonds. The number of amides is 2. The van der Waals surface area contributed by atoms with Crippen LogP contribution in [0.25, 0.3) is 5.69 Å². The lowest BCUT2D eigenvalue weighted by Gasteiger charge is -2.26. The predicted octanol–water partition coefficient (Wildman–Crippen LogP) is 3.56. The van der Waals surface area contributed by atoms with E-state index in [1.807, 2.05) is 42.6 Å². The van der Waals surface area contributed by atoms with Gasteiger partial charge in [0.15, 0.2) is 0 Å². The van der Waals surface area contributed by atoms with Crippen molar-refractivity contribution < 1.29 is 14.3 Å². The van der Waals surface area contributed by atoms with Crippen molar-refractivity contribution in [2.24, 2.45) is 0 Å². The van der Waals surface area contributed by atoms with Crippen LogP contribution in [-0.2, 0) is 11.3 Å². The number of anilines is 1. The smallest absolute Gasteiger partial charge is 0.319 e. The zero-order valence-electron chi connectivity index (χ0n) is 17.7. The van der Waals surface area contributed by atoms with Gasteiger partial charge in [-0.05, 0) is 42.0 Å². The highest BCUT2D eigenvalue weighted by Gasteiger charge is 2.10. The number of hydrogen-bond donors (Lipinski definition) is 2. The summed E-state index contributed by atoms with van der Waals surface area (Å²) in [5.74, 6) is 0.791. The van der Waals surface area contributed by atoms with Gasteiger partial charge in [-0.3, -0.25) is 4.90 Å². The summed E-state index contributed by atoms with van der Waals surface area (Å²) in [4.78, 5) is 14.6. The number of nitrogens with zero attached hydrogens (tertiary/aromatic N) is 3. The number of urea groups is 1. The first-order valence-corrected chi connectivity index (χ1v) is 10.9. The molecule has 0 atom stereocenters. The maximum Gasteiger partial charge on any atom is 0.319 e. The number of rotatable bonds is 8. The summed E-state index contributed by atoms with van der Waals surface area (Å²) in [5, 5.41) is 10.3. The number of morpholine rings is 1. The van der Waals surface area contributed by atoms with Crippen LogP contribution in [-0.4, -0.2) is 60.2 Å². The van der Waals surface area contributed by atoms with Crippen molar-refractivity contribution in [2.45, 2.75) is 6.54 Å². The van der Waals surface area contributed by atoms with E-state index < -0.39 is 0 Å². The van der Waals surface area contributed by atoms with Gasteiger partial charge in [-0.2, -0.15) is 5.10 Å². The monoisotopic (exact) mass is 455 g/mol. The molecule has 0 radical (unpaired) electrons. The summed E-state index contributed by atoms with van der Waals surface area (Å²) in [7, 11) is 0. The summed E-state index contributed by atoms with van der Waals surface area (Å²) >= 11 is 6.33. The van der Waals surface area contributed by atoms with Crippen molar-refractivity contribution >= 4 is 23.3 Å². The normalized spacial score (nSPS) is 14.2. The van der Waals surface area contributed by atoms with Crippen LogP contribution < -0.4 is 15.4 Å². The zero-order chi connectivity index (χ0) is 22.2. The Morgan fingerprint density at radius 1 is 1.16 bits per heavy atom. The lowest BCUT2D eigenvalue weighted by Crippen LogP contribution is -2.38. The van der Waals surface area contributed by atoms with Gasteiger partial charge in [-0.1, -0.05) is 23.7 Å². The Hall–Kier alpha value is -3.07. The minimum absolute atomic E-state index is 0.313. The second-order valence-electron chi connectivity index (χ2n) is 7.37. The summed E-state index contributed by atoms with van der Waals surface area (Å²) < 4.78 is 12.9. The van der Waals surface area contributed by atoms with Crippen LogP contribution in [0.1, 0.15) is 5.56 Å². The van der Waals surface area contributed by atoms with Crippen LogP contribution in [0.15, 0.2) is 60.9 Å². The molecule has 1 fully saturated rings. The Bertz CT molecular complexity index is 1020. The minimum atomic E-state index is -0.313. The molecule has 2 aromatic carbocycles. The van der Waals surface area contributed by atoms with Gasteiger partial charge in [0.1, 0.15) is 12.4 Å². The lowest BCUT2D eigenvalue weighted by atomic mass is 10.2. The van der Waals surface area contributed by atoms with E-state index in [0.29, 0.717) is 23.9 Å². The van der Waals surface area contributed by atoms with Crippen LogP contribution in [0.5, 0.6) is 5.75 Å². The summed E-state index contributed by atoms with van der Waals surface area (Å²) in [6, 6.07) is 14.5. The van der Waals surface area contributed by atoms with Crippen LogP contribution in [0, 0.1) is 0 Å². The van der Waals surface area contributed by atoms with Gasteiger partial charge in [-0.15, -0.1) is 0 Å². The largest absolute Gasteiger partial charge is 0.492 e. The quantitative estimate of drug-likeness (QED) is 0.543. The highest BCUT2D eigenvalue weighted by Crippen LogP contribution is 2.23. The van der Waals surface area contributed by atoms with E-state index in [4.69, 9.17) is 21.1 Å². The van der Waals surface area contributed by atoms with E-state index in [9.17, 15) is 4.79 Å². The van der Waals surface area contributed by atoms with Gasteiger partial charge in [0.2, 0.25) is 0 Å². The second kappa shape index (κ2) is 11.0. The van der Waals surface area contributed by atoms with Crippen molar-refractivity contribution in [2.75, 3.05) is 44.8 Å². The van der Waals surface area contributed by atoms with Crippen LogP contribution in [0.4, 0.5) is 10.5 Å². The number of nitrogens with one attached hydrogen (secondary N) is 2. The third-order valence-corrected chi connectivity index (χ3v) is 5.39. The fourth-order valence-electron chi connectivity index (χ4n) is 3.40. The molecule has 0 saturated carbocycles. The SMILES string of the molecule is O=C(NCc1cccc(OCCN2CCOCC2)c1)Nc1ccc(-n2cccn2)c(Cl)c1. The Morgan fingerprint density at radius 3 is 2.81 bits per heavy atom. The Kier molecular flexibility index (Phi) is 7.60. The fraction of sp³-hybridized carbons (Fsp3) is 0.304. The first-order valence-electron chi connectivity index (χ1n) is 10.5. The highest BCUT2D eigenvalue weighted by atomic mass is 35.5. The third kappa shape index (κ3) is 6.23. The molecule has 9 heteroatoms. The molecule has 0 aliphatic carbocycles. The standard InChI is InChI=1S/C23H26ClN5O3/c24-21-16-19(5-6-22(21)29-8-2-7-26-29)27-23(30)25-17-18-3-1-4-20(15-18)32-14-11-28-9-12-31-13-10-28/h1-8,15-16H,9-14,17H2,(H2,25,27,30). The van der Waals surface area contributed by atoms with Crippen LogP contribution >= 0.6 is 11.6 Å². The maximum absolute atomic E-state index is 12.3. The number of benzene rings is 2. The van der Waals surface area contributed by atoms with E-state index in [1.165, 1.54) is 0 Å². The summed E-state index contributed by atoms with van der Waals surface area (Å²) in [6.07, 6.45) is 3.49. The molecule has 0 unspecified atom stereocenters. The van der Waals surface area contributed by atoms with E-state index in [0.717, 1.165) is 49.8 Å². The van der Waals surface area contributed by atoms with E-state index >= 15 is 0 Å². The average Bonchev–Trinajstić information content (AvgIpc) is 3.34. The van der Waals surface area contributed by atoms with E-state index in [-0.39, 0.29) is 6.03 Å². The van der Waals surface area contributed by atoms with Crippen molar-refractivity contribution in [3.63, 3.8) is 0 Å². The zero-order valence-corrected chi connectivity index (χ0v) is 18.4. The van der Waals surface area contributed by atoms with Gasteiger partial charge in [-0.25, -0.2) is 9.48 Å². The number of halogens is 1. The molecule has 2 N–H and O–H groups in total. The first kappa shape index (κ1) is 22.1. The second-order valence-corrected chi connectivity index (χ2v) is 7.78. The Labute approximate surface area is 192 Å². The molecular weight excluding hydrogens is 430 g/mol. The van der Waals surface area contributed by atoms with Gasteiger partial charge < -0.3 is 20.1 Å². The van der Waals surface area contributed by atoms with Gasteiger partial charge in [0, 0.05) is 44.3 Å². The summed E-state index contributed by atoms with van der Waals surface area (Å²) in [5.41, 5.74) is 2.30. The molecule has 8 nitrogen and oxygen atoms in total. The predicted molar refractivity (Wildman–Crippen MR) is 124 cm³/mol. The molecule has 1 saturated heterocycles. The fourth-order valence-corrected chi connectivity index (χ4v) is 3.67. The molecule has 0 bridgehead atoms. The molecule has 1 aromatic heterocycles. The van der Waals surface area contributed by atoms with E-state index in [2.05, 4.69) is 20.6 Å². The Morgan fingerprint density at radius 2 is 2.03 bits per heavy atom. The number of hydrogen-bond acceptors (Lipinski definition) is 5. The highest BCUT2D eigenvalue weighted by molar-refractivity contribution is 6.32. The molecule has 1 aliphatic rings. The van der Waals surface area contributed by atoms with Gasteiger partial charge >= 0.3 is 6.03 Å². The van der Waals surface area contributed by atoms with E-state index in [1.54, 1.807) is 23.0 Å². The maximum atomic E-state index is 12.3. The van der Waals surface area contributed by atoms with Crippen molar-refractivity contribution in [1.29, 1.82) is 0 Å². The lowest BCUT2D eigenvalue weighted by molar-refractivity contribution is 0.0322. The average molecular weight is 456 g/mol. The van der Waals surface area contributed by atoms with Crippen LogP contribution in [0.3, 0.4) is 0 Å². The van der Waals surface area contributed by atoms with Gasteiger partial charge in [0.05, 0.1) is 23.9 Å². The molecule has 168 valence electrons. The molecule has 2 heterocycles. The number of ether oxygens (including phenoxy) is 2.